The zero-order valence-electron chi connectivity index (χ0n) is 18.8. The number of hydrogen-bond donors (Lipinski definition) is 1. The summed E-state index contributed by atoms with van der Waals surface area (Å²) in [5.74, 6) is -0.726. The predicted molar refractivity (Wildman–Crippen MR) is 124 cm³/mol. The van der Waals surface area contributed by atoms with Crippen LogP contribution in [0.3, 0.4) is 0 Å². The largest absolute Gasteiger partial charge is 0.474 e. The molecule has 6 rings (SSSR count). The van der Waals surface area contributed by atoms with Crippen molar-refractivity contribution >= 4 is 11.4 Å². The van der Waals surface area contributed by atoms with Crippen LogP contribution in [0, 0.1) is 11.6 Å². The molecule has 2 aliphatic rings. The second-order valence-corrected chi connectivity index (χ2v) is 8.80. The summed E-state index contributed by atoms with van der Waals surface area (Å²) in [6.45, 7) is 1.99. The third kappa shape index (κ3) is 3.90. The highest BCUT2D eigenvalue weighted by Gasteiger charge is 2.34. The van der Waals surface area contributed by atoms with Crippen LogP contribution in [0.2, 0.25) is 0 Å². The molecule has 0 aliphatic heterocycles. The van der Waals surface area contributed by atoms with Crippen LogP contribution < -0.4 is 10.5 Å². The lowest BCUT2D eigenvalue weighted by Gasteiger charge is -2.16. The Hall–Kier alpha value is -4.21. The average molecular weight is 473 g/mol. The highest BCUT2D eigenvalue weighted by Crippen LogP contribution is 2.46. The zero-order valence-corrected chi connectivity index (χ0v) is 18.8. The molecule has 2 atom stereocenters. The molecule has 2 aliphatic carbocycles. The van der Waals surface area contributed by atoms with Crippen LogP contribution in [0.1, 0.15) is 54.1 Å². The molecule has 0 amide bonds. The summed E-state index contributed by atoms with van der Waals surface area (Å²) in [5, 5.41) is 8.32. The van der Waals surface area contributed by atoms with E-state index < -0.39 is 11.6 Å². The molecule has 0 spiro atoms. The molecular weight excluding hydrogens is 452 g/mol. The van der Waals surface area contributed by atoms with Crippen molar-refractivity contribution in [1.82, 2.24) is 29.9 Å². The summed E-state index contributed by atoms with van der Waals surface area (Å²) >= 11 is 0. The van der Waals surface area contributed by atoms with Crippen molar-refractivity contribution in [2.24, 2.45) is 0 Å². The van der Waals surface area contributed by atoms with E-state index in [-0.39, 0.29) is 23.6 Å². The number of hydrogen-bond acceptors (Lipinski definition) is 7. The van der Waals surface area contributed by atoms with Crippen molar-refractivity contribution in [3.05, 3.63) is 89.3 Å². The minimum Gasteiger partial charge on any atom is -0.474 e. The molecule has 1 aromatic carbocycles. The van der Waals surface area contributed by atoms with Crippen molar-refractivity contribution in [3.8, 4) is 11.6 Å². The Balaban J connectivity index is 1.34. The van der Waals surface area contributed by atoms with Crippen molar-refractivity contribution in [1.29, 1.82) is 0 Å². The van der Waals surface area contributed by atoms with Crippen LogP contribution in [-0.2, 0) is 0 Å². The normalized spacial score (nSPS) is 17.7. The molecule has 1 saturated carbocycles. The molecule has 4 aromatic rings. The van der Waals surface area contributed by atoms with Gasteiger partial charge in [-0.25, -0.2) is 28.4 Å². The second-order valence-electron chi connectivity index (χ2n) is 8.80. The second kappa shape index (κ2) is 8.23. The lowest BCUT2D eigenvalue weighted by atomic mass is 9.90. The molecule has 10 heteroatoms. The fraction of sp³-hybridized carbons (Fsp3) is 0.240. The van der Waals surface area contributed by atoms with Gasteiger partial charge in [0, 0.05) is 41.3 Å². The van der Waals surface area contributed by atoms with Crippen LogP contribution in [0.4, 0.5) is 14.6 Å². The number of benzene rings is 1. The number of anilines is 1. The SMILES string of the molecule is CC(c1cn(-c2ccc(F)cc2F)nn1)C1C=C(c2ccc(OC3CC3)nc2)c2c(N)ncnc21. The van der Waals surface area contributed by atoms with Crippen LogP contribution in [-0.4, -0.2) is 36.0 Å². The number of nitrogen functional groups attached to an aromatic ring is 1. The van der Waals surface area contributed by atoms with Gasteiger partial charge in [-0.15, -0.1) is 5.10 Å². The van der Waals surface area contributed by atoms with Crippen molar-refractivity contribution in [3.63, 3.8) is 0 Å². The lowest BCUT2D eigenvalue weighted by Crippen LogP contribution is -2.09. The lowest BCUT2D eigenvalue weighted by molar-refractivity contribution is 0.291. The van der Waals surface area contributed by atoms with Gasteiger partial charge in [-0.3, -0.25) is 0 Å². The Morgan fingerprint density at radius 3 is 2.71 bits per heavy atom. The minimum absolute atomic E-state index is 0.117. The number of halogens is 2. The molecule has 2 unspecified atom stereocenters. The Bertz CT molecular complexity index is 1450. The molecule has 176 valence electrons. The Morgan fingerprint density at radius 1 is 1.11 bits per heavy atom. The number of rotatable bonds is 6. The molecule has 0 radical (unpaired) electrons. The summed E-state index contributed by atoms with van der Waals surface area (Å²) in [5.41, 5.74) is 10.3. The van der Waals surface area contributed by atoms with E-state index in [0.29, 0.717) is 17.4 Å². The van der Waals surface area contributed by atoms with Gasteiger partial charge in [0.15, 0.2) is 5.82 Å². The van der Waals surface area contributed by atoms with Crippen LogP contribution >= 0.6 is 0 Å². The van der Waals surface area contributed by atoms with E-state index in [1.807, 2.05) is 19.1 Å². The number of pyridine rings is 1. The summed E-state index contributed by atoms with van der Waals surface area (Å²) < 4.78 is 34.6. The van der Waals surface area contributed by atoms with Gasteiger partial charge in [-0.1, -0.05) is 18.2 Å². The number of ether oxygens (including phenoxy) is 1. The Morgan fingerprint density at radius 2 is 1.97 bits per heavy atom. The van der Waals surface area contributed by atoms with E-state index in [9.17, 15) is 8.78 Å². The number of fused-ring (bicyclic) bond motifs is 1. The standard InChI is InChI=1S/C25H21F2N7O/c1-13(20-11-34(33-32-20)21-6-3-15(26)8-19(21)27)17-9-18(23-24(17)30-12-31-25(23)28)14-2-7-22(29-10-14)35-16-4-5-16/h2-3,6-13,16-17H,4-5H2,1H3,(H2,28,30,31). The summed E-state index contributed by atoms with van der Waals surface area (Å²) in [6, 6.07) is 7.13. The van der Waals surface area contributed by atoms with Crippen LogP contribution in [0.5, 0.6) is 5.88 Å². The van der Waals surface area contributed by atoms with E-state index >= 15 is 0 Å². The molecule has 0 bridgehead atoms. The molecule has 0 saturated heterocycles. The first kappa shape index (κ1) is 21.3. The maximum absolute atomic E-state index is 14.2. The topological polar surface area (TPSA) is 105 Å². The predicted octanol–water partition coefficient (Wildman–Crippen LogP) is 4.19. The van der Waals surface area contributed by atoms with E-state index in [4.69, 9.17) is 10.5 Å². The molecule has 3 aromatic heterocycles. The van der Waals surface area contributed by atoms with Crippen LogP contribution in [0.15, 0.2) is 55.1 Å². The molecule has 2 N–H and O–H groups in total. The summed E-state index contributed by atoms with van der Waals surface area (Å²) in [7, 11) is 0. The van der Waals surface area contributed by atoms with Crippen LogP contribution in [0.25, 0.3) is 11.3 Å². The van der Waals surface area contributed by atoms with Gasteiger partial charge >= 0.3 is 0 Å². The van der Waals surface area contributed by atoms with Crippen molar-refractivity contribution in [2.75, 3.05) is 5.73 Å². The fourth-order valence-electron chi connectivity index (χ4n) is 4.33. The fourth-order valence-corrected chi connectivity index (χ4v) is 4.33. The van der Waals surface area contributed by atoms with Gasteiger partial charge in [0.1, 0.15) is 29.8 Å². The first-order valence-corrected chi connectivity index (χ1v) is 11.3. The molecule has 8 nitrogen and oxygen atoms in total. The Kier molecular flexibility index (Phi) is 5.01. The highest BCUT2D eigenvalue weighted by atomic mass is 19.1. The van der Waals surface area contributed by atoms with E-state index in [1.165, 1.54) is 23.1 Å². The van der Waals surface area contributed by atoms with Gasteiger partial charge in [0.2, 0.25) is 5.88 Å². The Labute approximate surface area is 199 Å². The molecule has 35 heavy (non-hydrogen) atoms. The third-order valence-electron chi connectivity index (χ3n) is 6.37. The van der Waals surface area contributed by atoms with Gasteiger partial charge in [0.25, 0.3) is 0 Å². The maximum atomic E-state index is 14.2. The van der Waals surface area contributed by atoms with E-state index in [1.54, 1.807) is 12.4 Å². The van der Waals surface area contributed by atoms with Gasteiger partial charge in [-0.2, -0.15) is 0 Å². The van der Waals surface area contributed by atoms with Crippen molar-refractivity contribution in [2.45, 2.75) is 37.7 Å². The first-order chi connectivity index (χ1) is 17.0. The van der Waals surface area contributed by atoms with Gasteiger partial charge in [0.05, 0.1) is 17.6 Å². The van der Waals surface area contributed by atoms with E-state index in [0.717, 1.165) is 41.3 Å². The number of nitrogens with two attached hydrogens (primary N) is 1. The molecular formula is C25H21F2N7O. The highest BCUT2D eigenvalue weighted by molar-refractivity contribution is 5.89. The van der Waals surface area contributed by atoms with E-state index in [2.05, 4.69) is 31.3 Å². The van der Waals surface area contributed by atoms with Gasteiger partial charge in [-0.05, 0) is 36.6 Å². The van der Waals surface area contributed by atoms with Crippen molar-refractivity contribution < 1.29 is 13.5 Å². The monoisotopic (exact) mass is 473 g/mol. The smallest absolute Gasteiger partial charge is 0.213 e. The van der Waals surface area contributed by atoms with Gasteiger partial charge < -0.3 is 10.5 Å². The number of nitrogens with zero attached hydrogens (tertiary/aromatic N) is 6. The molecule has 1 fully saturated rings. The summed E-state index contributed by atoms with van der Waals surface area (Å²) in [6.07, 6.45) is 9.33. The average Bonchev–Trinajstić information content (AvgIpc) is 3.37. The quantitative estimate of drug-likeness (QED) is 0.448. The summed E-state index contributed by atoms with van der Waals surface area (Å²) in [4.78, 5) is 13.2. The maximum Gasteiger partial charge on any atom is 0.213 e. The first-order valence-electron chi connectivity index (χ1n) is 11.3. The minimum atomic E-state index is -0.718. The number of allylic oxidation sites excluding steroid dienone is 1. The third-order valence-corrected chi connectivity index (χ3v) is 6.37. The number of aromatic nitrogens is 6. The molecule has 3 heterocycles. The zero-order chi connectivity index (χ0) is 24.1.